The van der Waals surface area contributed by atoms with E-state index in [2.05, 4.69) is 229 Å². The monoisotopic (exact) mass is 868 g/mol. The van der Waals surface area contributed by atoms with E-state index in [0.29, 0.717) is 17.5 Å². The maximum Gasteiger partial charge on any atom is 0.164 e. The molecule has 0 spiro atoms. The van der Waals surface area contributed by atoms with Crippen LogP contribution in [0.5, 0.6) is 0 Å². The lowest BCUT2D eigenvalue weighted by molar-refractivity contribution is 0.669. The van der Waals surface area contributed by atoms with E-state index < -0.39 is 0 Å². The van der Waals surface area contributed by atoms with E-state index in [9.17, 15) is 0 Å². The average molecular weight is 869 g/mol. The molecule has 0 amide bonds. The molecule has 13 aromatic rings. The van der Waals surface area contributed by atoms with E-state index in [1.54, 1.807) is 0 Å². The van der Waals surface area contributed by atoms with Crippen molar-refractivity contribution in [1.82, 2.24) is 19.5 Å². The fraction of sp³-hybridized carbons (Fsp3) is 0. The summed E-state index contributed by atoms with van der Waals surface area (Å²) in [5.74, 6) is 1.80. The van der Waals surface area contributed by atoms with E-state index in [4.69, 9.17) is 19.4 Å². The normalized spacial score (nSPS) is 11.5. The summed E-state index contributed by atoms with van der Waals surface area (Å²) in [5, 5.41) is 4.32. The fourth-order valence-corrected chi connectivity index (χ4v) is 9.61. The van der Waals surface area contributed by atoms with Gasteiger partial charge in [0.15, 0.2) is 17.5 Å². The number of aromatic nitrogens is 4. The number of para-hydroxylation sites is 1. The molecule has 0 atom stereocenters. The van der Waals surface area contributed by atoms with Crippen molar-refractivity contribution >= 4 is 43.7 Å². The van der Waals surface area contributed by atoms with Gasteiger partial charge in [0.25, 0.3) is 0 Å². The quantitative estimate of drug-likeness (QED) is 0.153. The molecule has 10 aromatic carbocycles. The zero-order valence-electron chi connectivity index (χ0n) is 36.8. The lowest BCUT2D eigenvalue weighted by atomic mass is 10.00. The number of fused-ring (bicyclic) bond motifs is 6. The van der Waals surface area contributed by atoms with Crippen LogP contribution in [0.1, 0.15) is 0 Å². The van der Waals surface area contributed by atoms with Gasteiger partial charge < -0.3 is 8.98 Å². The van der Waals surface area contributed by atoms with Gasteiger partial charge in [-0.15, -0.1) is 0 Å². The molecule has 0 aliphatic carbocycles. The first-order valence-electron chi connectivity index (χ1n) is 22.9. The van der Waals surface area contributed by atoms with E-state index in [0.717, 1.165) is 88.6 Å². The highest BCUT2D eigenvalue weighted by Gasteiger charge is 2.19. The molecule has 0 bridgehead atoms. The third-order valence-corrected chi connectivity index (χ3v) is 13.1. The molecule has 0 saturated carbocycles. The van der Waals surface area contributed by atoms with Crippen LogP contribution in [0.25, 0.3) is 128 Å². The number of rotatable bonds is 8. The molecule has 5 heteroatoms. The smallest absolute Gasteiger partial charge is 0.164 e. The van der Waals surface area contributed by atoms with Crippen molar-refractivity contribution in [3.63, 3.8) is 0 Å². The van der Waals surface area contributed by atoms with Gasteiger partial charge in [0.2, 0.25) is 0 Å². The van der Waals surface area contributed by atoms with Crippen LogP contribution >= 0.6 is 0 Å². The van der Waals surface area contributed by atoms with Crippen molar-refractivity contribution in [3.8, 4) is 84.4 Å². The number of furan rings is 1. The summed E-state index contributed by atoms with van der Waals surface area (Å²) < 4.78 is 9.03. The number of hydrogen-bond donors (Lipinski definition) is 0. The largest absolute Gasteiger partial charge is 0.456 e. The predicted octanol–water partition coefficient (Wildman–Crippen LogP) is 16.5. The average Bonchev–Trinajstić information content (AvgIpc) is 3.95. The summed E-state index contributed by atoms with van der Waals surface area (Å²) in [6, 6.07) is 85.3. The molecule has 5 nitrogen and oxygen atoms in total. The summed E-state index contributed by atoms with van der Waals surface area (Å²) in [5.41, 5.74) is 17.0. The van der Waals surface area contributed by atoms with Crippen molar-refractivity contribution in [2.75, 3.05) is 0 Å². The van der Waals surface area contributed by atoms with Crippen LogP contribution in [0.15, 0.2) is 247 Å². The van der Waals surface area contributed by atoms with Crippen LogP contribution in [-0.2, 0) is 0 Å². The van der Waals surface area contributed by atoms with E-state index in [-0.39, 0.29) is 0 Å². The molecule has 318 valence electrons. The molecule has 0 saturated heterocycles. The third-order valence-electron chi connectivity index (χ3n) is 13.1. The highest BCUT2D eigenvalue weighted by Crippen LogP contribution is 2.40. The minimum absolute atomic E-state index is 0.587. The Balaban J connectivity index is 0.929. The Morgan fingerprint density at radius 3 is 1.24 bits per heavy atom. The Bertz CT molecular complexity index is 3870. The highest BCUT2D eigenvalue weighted by atomic mass is 16.3. The standard InChI is InChI=1S/C63H40N4O/c1-4-13-41(14-5-1)44-23-25-47(26-24-44)50-19-12-20-52(37-50)67-57-22-11-10-21-53(57)54-40-60-56(39-58(54)67)55-38-51(35-36-59(55)68-60)63-65-61(48-31-27-45(28-32-48)42-15-6-2-7-16-42)64-62(66-63)49-33-29-46(30-34-49)43-17-8-3-9-18-43/h1-40H. The summed E-state index contributed by atoms with van der Waals surface area (Å²) in [6.45, 7) is 0. The molecule has 3 heterocycles. The van der Waals surface area contributed by atoms with Gasteiger partial charge in [-0.2, -0.15) is 0 Å². The Kier molecular flexibility index (Phi) is 9.43. The zero-order chi connectivity index (χ0) is 45.0. The van der Waals surface area contributed by atoms with Gasteiger partial charge in [0.05, 0.1) is 11.0 Å². The van der Waals surface area contributed by atoms with Crippen molar-refractivity contribution in [3.05, 3.63) is 243 Å². The molecule has 0 unspecified atom stereocenters. The topological polar surface area (TPSA) is 56.7 Å². The van der Waals surface area contributed by atoms with E-state index in [1.165, 1.54) is 22.1 Å². The Morgan fingerprint density at radius 1 is 0.250 bits per heavy atom. The minimum Gasteiger partial charge on any atom is -0.456 e. The first-order valence-corrected chi connectivity index (χ1v) is 22.9. The molecule has 3 aromatic heterocycles. The SMILES string of the molecule is c1ccc(-c2ccc(-c3cccc(-n4c5ccccc5c5cc6oc7ccc(-c8nc(-c9ccc(-c%10ccccc%10)cc9)nc(-c9ccc(-c%10ccccc%10)cc9)n8)cc7c6cc54)c3)cc2)cc1. The maximum absolute atomic E-state index is 6.65. The second kappa shape index (κ2) is 16.4. The van der Waals surface area contributed by atoms with Crippen molar-refractivity contribution in [1.29, 1.82) is 0 Å². The zero-order valence-corrected chi connectivity index (χ0v) is 36.8. The van der Waals surface area contributed by atoms with Crippen molar-refractivity contribution in [2.24, 2.45) is 0 Å². The lowest BCUT2D eigenvalue weighted by Gasteiger charge is -2.11. The number of benzene rings is 10. The van der Waals surface area contributed by atoms with Gasteiger partial charge in [-0.05, 0) is 93.0 Å². The first-order chi connectivity index (χ1) is 33.7. The summed E-state index contributed by atoms with van der Waals surface area (Å²) in [4.78, 5) is 15.4. The number of hydrogen-bond acceptors (Lipinski definition) is 4. The van der Waals surface area contributed by atoms with Crippen LogP contribution in [0, 0.1) is 0 Å². The predicted molar refractivity (Wildman–Crippen MR) is 279 cm³/mol. The molecular formula is C63H40N4O. The van der Waals surface area contributed by atoms with Gasteiger partial charge in [0.1, 0.15) is 11.2 Å². The third kappa shape index (κ3) is 7.02. The van der Waals surface area contributed by atoms with Crippen LogP contribution < -0.4 is 0 Å². The van der Waals surface area contributed by atoms with Gasteiger partial charge in [-0.25, -0.2) is 15.0 Å². The molecular weight excluding hydrogens is 829 g/mol. The van der Waals surface area contributed by atoms with Crippen LogP contribution in [0.3, 0.4) is 0 Å². The highest BCUT2D eigenvalue weighted by molar-refractivity contribution is 6.17. The second-order valence-electron chi connectivity index (χ2n) is 17.2. The Labute approximate surface area is 392 Å². The van der Waals surface area contributed by atoms with Gasteiger partial charge in [-0.1, -0.05) is 194 Å². The molecule has 0 fully saturated rings. The molecule has 13 rings (SSSR count). The Hall–Kier alpha value is -9.19. The van der Waals surface area contributed by atoms with Crippen molar-refractivity contribution in [2.45, 2.75) is 0 Å². The number of nitrogens with zero attached hydrogens (tertiary/aromatic N) is 4. The molecule has 0 N–H and O–H groups in total. The minimum atomic E-state index is 0.587. The lowest BCUT2D eigenvalue weighted by Crippen LogP contribution is -2.00. The molecule has 68 heavy (non-hydrogen) atoms. The first kappa shape index (κ1) is 39.2. The molecule has 0 radical (unpaired) electrons. The van der Waals surface area contributed by atoms with Crippen LogP contribution in [0.4, 0.5) is 0 Å². The van der Waals surface area contributed by atoms with Crippen LogP contribution in [0.2, 0.25) is 0 Å². The summed E-state index contributed by atoms with van der Waals surface area (Å²) in [7, 11) is 0. The second-order valence-corrected chi connectivity index (χ2v) is 17.2. The molecule has 0 aliphatic heterocycles. The Morgan fingerprint density at radius 2 is 0.676 bits per heavy atom. The molecule has 0 aliphatic rings. The van der Waals surface area contributed by atoms with Gasteiger partial charge in [0, 0.05) is 43.9 Å². The van der Waals surface area contributed by atoms with E-state index in [1.807, 2.05) is 18.2 Å². The fourth-order valence-electron chi connectivity index (χ4n) is 9.61. The van der Waals surface area contributed by atoms with Crippen LogP contribution in [-0.4, -0.2) is 19.5 Å². The maximum atomic E-state index is 6.65. The summed E-state index contributed by atoms with van der Waals surface area (Å²) >= 11 is 0. The van der Waals surface area contributed by atoms with E-state index >= 15 is 0 Å². The van der Waals surface area contributed by atoms with Gasteiger partial charge in [-0.3, -0.25) is 0 Å². The van der Waals surface area contributed by atoms with Gasteiger partial charge >= 0.3 is 0 Å². The summed E-state index contributed by atoms with van der Waals surface area (Å²) in [6.07, 6.45) is 0. The van der Waals surface area contributed by atoms with Crippen molar-refractivity contribution < 1.29 is 4.42 Å².